The summed E-state index contributed by atoms with van der Waals surface area (Å²) in [5, 5.41) is 3.33. The minimum atomic E-state index is -0.771. The number of nitrogens with one attached hydrogen (secondary N) is 1. The largest absolute Gasteiger partial charge is 0.495 e. The second kappa shape index (κ2) is 11.3. The van der Waals surface area contributed by atoms with E-state index in [0.29, 0.717) is 47.6 Å². The van der Waals surface area contributed by atoms with Crippen molar-refractivity contribution in [2.24, 2.45) is 0 Å². The molecule has 45 heavy (non-hydrogen) atoms. The van der Waals surface area contributed by atoms with Crippen LogP contribution in [-0.4, -0.2) is 68.9 Å². The first kappa shape index (κ1) is 32.7. The first-order chi connectivity index (χ1) is 20.7. The van der Waals surface area contributed by atoms with Crippen LogP contribution >= 0.6 is 0 Å². The molecule has 242 valence electrons. The average Bonchev–Trinajstić information content (AvgIpc) is 3.23. The lowest BCUT2D eigenvalue weighted by molar-refractivity contribution is 0.00578. The lowest BCUT2D eigenvalue weighted by Crippen LogP contribution is -2.41. The van der Waals surface area contributed by atoms with Crippen LogP contribution in [0.15, 0.2) is 24.3 Å². The van der Waals surface area contributed by atoms with Gasteiger partial charge in [0.2, 0.25) is 0 Å². The van der Waals surface area contributed by atoms with E-state index in [0.717, 1.165) is 22.6 Å². The quantitative estimate of drug-likeness (QED) is 0.431. The van der Waals surface area contributed by atoms with E-state index in [-0.39, 0.29) is 12.6 Å². The summed E-state index contributed by atoms with van der Waals surface area (Å²) in [5.74, 6) is 0.0800. The van der Waals surface area contributed by atoms with Gasteiger partial charge in [0.05, 0.1) is 35.5 Å². The molecule has 0 bridgehead atoms. The molecule has 0 unspecified atom stereocenters. The third-order valence-electron chi connectivity index (χ3n) is 8.43. The molecule has 5 rings (SSSR count). The van der Waals surface area contributed by atoms with Gasteiger partial charge >= 0.3 is 19.3 Å². The maximum atomic E-state index is 13.9. The number of anilines is 2. The van der Waals surface area contributed by atoms with Crippen molar-refractivity contribution in [1.82, 2.24) is 14.8 Å². The van der Waals surface area contributed by atoms with Crippen LogP contribution in [0.2, 0.25) is 0 Å². The maximum Gasteiger partial charge on any atom is 0.495 e. The molecule has 0 atom stereocenters. The number of carbonyl (C=O) groups excluding carboxylic acids is 3. The van der Waals surface area contributed by atoms with Crippen molar-refractivity contribution < 1.29 is 33.2 Å². The number of imide groups is 1. The zero-order chi connectivity index (χ0) is 33.1. The zero-order valence-electron chi connectivity index (χ0n) is 28.1. The Hall–Kier alpha value is -3.64. The number of benzene rings is 1. The highest BCUT2D eigenvalue weighted by Gasteiger charge is 2.53. The number of pyridine rings is 1. The van der Waals surface area contributed by atoms with Crippen molar-refractivity contribution >= 4 is 42.2 Å². The number of amides is 3. The van der Waals surface area contributed by atoms with Crippen LogP contribution in [0.25, 0.3) is 0 Å². The number of fused-ring (bicyclic) bond motifs is 2. The Kier molecular flexibility index (Phi) is 8.23. The predicted molar refractivity (Wildman–Crippen MR) is 171 cm³/mol. The van der Waals surface area contributed by atoms with Crippen molar-refractivity contribution in [2.75, 3.05) is 11.9 Å². The summed E-state index contributed by atoms with van der Waals surface area (Å²) in [7, 11) is -0.720. The Morgan fingerprint density at radius 1 is 0.911 bits per heavy atom. The predicted octanol–water partition coefficient (Wildman–Crippen LogP) is 5.70. The minimum absolute atomic E-state index is 0.0239. The summed E-state index contributed by atoms with van der Waals surface area (Å²) in [6, 6.07) is 7.45. The fourth-order valence-corrected chi connectivity index (χ4v) is 5.51. The molecule has 1 aromatic carbocycles. The zero-order valence-corrected chi connectivity index (χ0v) is 28.1. The van der Waals surface area contributed by atoms with Crippen LogP contribution in [0.4, 0.5) is 21.1 Å². The number of aryl methyl sites for hydroxylation is 1. The summed E-state index contributed by atoms with van der Waals surface area (Å²) in [5.41, 5.74) is 1.48. The smallest absolute Gasteiger partial charge is 0.444 e. The van der Waals surface area contributed by atoms with Crippen molar-refractivity contribution in [3.05, 3.63) is 46.6 Å². The van der Waals surface area contributed by atoms with Gasteiger partial charge < -0.3 is 29.0 Å². The summed E-state index contributed by atoms with van der Waals surface area (Å²) in [4.78, 5) is 47.5. The maximum absolute atomic E-state index is 13.9. The van der Waals surface area contributed by atoms with Gasteiger partial charge in [-0.05, 0) is 111 Å². The number of hydrogen-bond donors (Lipinski definition) is 1. The van der Waals surface area contributed by atoms with Crippen LogP contribution in [0, 0.1) is 0 Å². The van der Waals surface area contributed by atoms with E-state index in [1.165, 1.54) is 0 Å². The molecule has 3 aliphatic heterocycles. The Morgan fingerprint density at radius 2 is 1.53 bits per heavy atom. The number of rotatable bonds is 3. The number of carbonyl (C=O) groups is 3. The van der Waals surface area contributed by atoms with Crippen molar-refractivity contribution in [1.29, 1.82) is 0 Å². The SMILES string of the molecule is CC(C)(C)OC(=O)N1CCCc2nc(Nc3ccc(B4OC(C)(C)C(C)(C)O4)c4c3C(=O)N(C(=O)OC(C)(C)C)C4)ccc2C1. The van der Waals surface area contributed by atoms with Crippen LogP contribution in [0.5, 0.6) is 0 Å². The van der Waals surface area contributed by atoms with Gasteiger partial charge in [0.1, 0.15) is 17.0 Å². The molecule has 12 heteroatoms. The molecule has 1 fully saturated rings. The van der Waals surface area contributed by atoms with E-state index in [4.69, 9.17) is 23.8 Å². The van der Waals surface area contributed by atoms with Crippen LogP contribution in [-0.2, 0) is 38.3 Å². The second-order valence-electron chi connectivity index (χ2n) is 14.9. The van der Waals surface area contributed by atoms with Crippen LogP contribution in [0.1, 0.15) is 103 Å². The molecule has 1 saturated heterocycles. The van der Waals surface area contributed by atoms with E-state index in [1.807, 2.05) is 66.7 Å². The Labute approximate surface area is 266 Å². The topological polar surface area (TPSA) is 120 Å². The molecule has 4 heterocycles. The fourth-order valence-electron chi connectivity index (χ4n) is 5.51. The van der Waals surface area contributed by atoms with E-state index < -0.39 is 41.5 Å². The molecule has 0 saturated carbocycles. The normalized spacial score (nSPS) is 19.2. The van der Waals surface area contributed by atoms with Gasteiger partial charge in [-0.2, -0.15) is 0 Å². The summed E-state index contributed by atoms with van der Waals surface area (Å²) in [6.45, 7) is 19.7. The first-order valence-electron chi connectivity index (χ1n) is 15.5. The van der Waals surface area contributed by atoms with Gasteiger partial charge in [0.15, 0.2) is 0 Å². The second-order valence-corrected chi connectivity index (χ2v) is 14.9. The first-order valence-corrected chi connectivity index (χ1v) is 15.5. The van der Waals surface area contributed by atoms with Crippen LogP contribution in [0.3, 0.4) is 0 Å². The molecule has 1 N–H and O–H groups in total. The van der Waals surface area contributed by atoms with E-state index in [9.17, 15) is 14.4 Å². The molecule has 0 radical (unpaired) electrons. The Balaban J connectivity index is 1.46. The molecular formula is C33H45BN4O7. The summed E-state index contributed by atoms with van der Waals surface area (Å²) < 4.78 is 23.8. The number of ether oxygens (including phenoxy) is 2. The van der Waals surface area contributed by atoms with E-state index >= 15 is 0 Å². The molecule has 11 nitrogen and oxygen atoms in total. The molecular weight excluding hydrogens is 575 g/mol. The van der Waals surface area contributed by atoms with Gasteiger partial charge in [-0.1, -0.05) is 12.1 Å². The van der Waals surface area contributed by atoms with Gasteiger partial charge in [-0.15, -0.1) is 0 Å². The Morgan fingerprint density at radius 3 is 2.16 bits per heavy atom. The monoisotopic (exact) mass is 620 g/mol. The summed E-state index contributed by atoms with van der Waals surface area (Å²) in [6.07, 6.45) is 0.370. The molecule has 2 aromatic rings. The average molecular weight is 621 g/mol. The highest BCUT2D eigenvalue weighted by atomic mass is 16.7. The van der Waals surface area contributed by atoms with Gasteiger partial charge in [-0.25, -0.2) is 19.5 Å². The lowest BCUT2D eigenvalue weighted by atomic mass is 9.74. The number of nitrogens with zero attached hydrogens (tertiary/aromatic N) is 3. The number of aromatic nitrogens is 1. The van der Waals surface area contributed by atoms with E-state index in [1.54, 1.807) is 31.7 Å². The molecule has 0 aliphatic carbocycles. The van der Waals surface area contributed by atoms with Gasteiger partial charge in [0.25, 0.3) is 5.91 Å². The third kappa shape index (κ3) is 6.82. The van der Waals surface area contributed by atoms with Crippen molar-refractivity contribution in [3.8, 4) is 0 Å². The minimum Gasteiger partial charge on any atom is -0.444 e. The third-order valence-corrected chi connectivity index (χ3v) is 8.43. The van der Waals surface area contributed by atoms with Gasteiger partial charge in [-0.3, -0.25) is 4.79 Å². The standard InChI is InChI=1S/C33H45BN4O7/c1-30(2,3)42-28(40)37-17-11-12-23-20(18-37)13-16-25(35-23)36-24-15-14-22(34-44-32(7,8)33(9,10)45-34)21-19-38(27(39)26(21)24)29(41)43-31(4,5)6/h13-16H,11-12,17-19H2,1-10H3,(H,35,36). The Bertz CT molecular complexity index is 1510. The molecule has 3 amide bonds. The van der Waals surface area contributed by atoms with Crippen LogP contribution < -0.4 is 10.8 Å². The summed E-state index contributed by atoms with van der Waals surface area (Å²) >= 11 is 0. The molecule has 0 spiro atoms. The molecule has 3 aliphatic rings. The van der Waals surface area contributed by atoms with Gasteiger partial charge in [0, 0.05) is 12.2 Å². The number of hydrogen-bond acceptors (Lipinski definition) is 9. The molecule has 1 aromatic heterocycles. The van der Waals surface area contributed by atoms with E-state index in [2.05, 4.69) is 5.32 Å². The van der Waals surface area contributed by atoms with Crippen molar-refractivity contribution in [3.63, 3.8) is 0 Å². The highest BCUT2D eigenvalue weighted by Crippen LogP contribution is 2.39. The highest BCUT2D eigenvalue weighted by molar-refractivity contribution is 6.63. The lowest BCUT2D eigenvalue weighted by Gasteiger charge is -2.32. The van der Waals surface area contributed by atoms with Crippen molar-refractivity contribution in [2.45, 2.75) is 118 Å². The fraction of sp³-hybridized carbons (Fsp3) is 0.576.